The van der Waals surface area contributed by atoms with E-state index < -0.39 is 23.2 Å². The molecule has 8 rings (SSSR count). The lowest BCUT2D eigenvalue weighted by Gasteiger charge is -2.41. The van der Waals surface area contributed by atoms with Crippen molar-refractivity contribution in [3.05, 3.63) is 107 Å². The highest BCUT2D eigenvalue weighted by Gasteiger charge is 2.28. The third-order valence-corrected chi connectivity index (χ3v) is 10.9. The minimum Gasteiger partial charge on any atom is -0.496 e. The quantitative estimate of drug-likeness (QED) is 0.141. The number of fused-ring (bicyclic) bond motifs is 1. The number of ether oxygens (including phenoxy) is 2. The van der Waals surface area contributed by atoms with Gasteiger partial charge in [0.2, 0.25) is 5.95 Å². The summed E-state index contributed by atoms with van der Waals surface area (Å²) in [5.74, 6) is -1.45. The van der Waals surface area contributed by atoms with E-state index in [9.17, 15) is 13.6 Å². The van der Waals surface area contributed by atoms with Crippen LogP contribution < -0.4 is 25.0 Å². The van der Waals surface area contributed by atoms with Crippen LogP contribution in [0.2, 0.25) is 5.02 Å². The Bertz CT molecular complexity index is 2370. The number of anilines is 4. The molecule has 3 aromatic carbocycles. The van der Waals surface area contributed by atoms with Crippen LogP contribution in [-0.4, -0.2) is 76.6 Å². The fraction of sp³-hybridized carbons (Fsp3) is 0.286. The standard InChI is InChI=1S/C42H41ClF2N8O3/c1-55-35-13-12-26(23-28(35)41(54)50-39-30(44)9-8-10-31(39)45)38-40(53-20-7-4-11-37(53)49-38)32-14-17-46-42(47-32)48-33-24-29(43)34(25-36(33)56-2)52-21-15-27(16-22-52)51-18-5-3-6-19-51/h4,7-14,17,20,23-25,27H,3,5-6,15-16,18-19,21-22H2,1-2H3,(H,50,54)(H,46,47,48). The zero-order valence-electron chi connectivity index (χ0n) is 31.1. The molecule has 6 aromatic rings. The smallest absolute Gasteiger partial charge is 0.259 e. The highest BCUT2D eigenvalue weighted by Crippen LogP contribution is 2.40. The summed E-state index contributed by atoms with van der Waals surface area (Å²) in [7, 11) is 3.04. The molecule has 2 fully saturated rings. The average molecular weight is 779 g/mol. The van der Waals surface area contributed by atoms with Crippen molar-refractivity contribution in [1.29, 1.82) is 0 Å². The van der Waals surface area contributed by atoms with Crippen molar-refractivity contribution in [2.24, 2.45) is 0 Å². The van der Waals surface area contributed by atoms with Gasteiger partial charge in [-0.2, -0.15) is 0 Å². The molecule has 2 saturated heterocycles. The van der Waals surface area contributed by atoms with Crippen LogP contribution in [0, 0.1) is 11.6 Å². The van der Waals surface area contributed by atoms with Crippen molar-refractivity contribution in [3.63, 3.8) is 0 Å². The Kier molecular flexibility index (Phi) is 10.7. The first kappa shape index (κ1) is 37.1. The van der Waals surface area contributed by atoms with Gasteiger partial charge in [-0.25, -0.2) is 23.7 Å². The van der Waals surface area contributed by atoms with Crippen LogP contribution >= 0.6 is 11.6 Å². The molecule has 2 aliphatic heterocycles. The first-order valence-corrected chi connectivity index (χ1v) is 19.1. The van der Waals surface area contributed by atoms with Crippen molar-refractivity contribution >= 4 is 46.2 Å². The Balaban J connectivity index is 1.09. The fourth-order valence-electron chi connectivity index (χ4n) is 7.75. The van der Waals surface area contributed by atoms with E-state index in [0.717, 1.165) is 43.8 Å². The molecule has 1 amide bonds. The van der Waals surface area contributed by atoms with E-state index in [1.807, 2.05) is 40.9 Å². The number of para-hydroxylation sites is 1. The number of hydrogen-bond donors (Lipinski definition) is 2. The van der Waals surface area contributed by atoms with Gasteiger partial charge < -0.3 is 29.9 Å². The van der Waals surface area contributed by atoms with E-state index in [0.29, 0.717) is 56.7 Å². The molecular formula is C42H41ClF2N8O3. The van der Waals surface area contributed by atoms with Crippen molar-refractivity contribution in [3.8, 4) is 34.1 Å². The van der Waals surface area contributed by atoms with Crippen LogP contribution in [-0.2, 0) is 0 Å². The SMILES string of the molecule is COc1cc(N2CCC(N3CCCCC3)CC2)c(Cl)cc1Nc1nccc(-c2c(-c3ccc(OC)c(C(=O)Nc4c(F)cccc4F)c3)nc3ccccn23)n1. The van der Waals surface area contributed by atoms with E-state index in [2.05, 4.69) is 25.4 Å². The number of pyridine rings is 1. The predicted octanol–water partition coefficient (Wildman–Crippen LogP) is 8.86. The Labute approximate surface area is 328 Å². The molecule has 2 aliphatic rings. The second-order valence-electron chi connectivity index (χ2n) is 13.9. The van der Waals surface area contributed by atoms with Gasteiger partial charge in [-0.05, 0) is 93.4 Å². The summed E-state index contributed by atoms with van der Waals surface area (Å²) in [5.41, 5.74) is 3.87. The van der Waals surface area contributed by atoms with Gasteiger partial charge in [0, 0.05) is 43.2 Å². The maximum Gasteiger partial charge on any atom is 0.259 e. The molecule has 0 radical (unpaired) electrons. The predicted molar refractivity (Wildman–Crippen MR) is 214 cm³/mol. The molecular weight excluding hydrogens is 738 g/mol. The number of halogens is 3. The highest BCUT2D eigenvalue weighted by molar-refractivity contribution is 6.33. The van der Waals surface area contributed by atoms with Crippen LogP contribution in [0.1, 0.15) is 42.5 Å². The number of aromatic nitrogens is 4. The molecule has 11 nitrogen and oxygen atoms in total. The van der Waals surface area contributed by atoms with Gasteiger partial charge in [0.05, 0.1) is 53.3 Å². The summed E-state index contributed by atoms with van der Waals surface area (Å²) in [6, 6.07) is 20.1. The van der Waals surface area contributed by atoms with Crippen LogP contribution in [0.5, 0.6) is 11.5 Å². The molecule has 0 atom stereocenters. The molecule has 0 unspecified atom stereocenters. The molecule has 3 aromatic heterocycles. The number of rotatable bonds is 10. The number of imidazole rings is 1. The maximum atomic E-state index is 14.5. The normalized spacial score (nSPS) is 15.2. The minimum atomic E-state index is -0.900. The Hall–Kier alpha value is -5.79. The van der Waals surface area contributed by atoms with Crippen molar-refractivity contribution in [1.82, 2.24) is 24.3 Å². The average Bonchev–Trinajstić information content (AvgIpc) is 3.62. The summed E-state index contributed by atoms with van der Waals surface area (Å²) in [4.78, 5) is 32.8. The first-order valence-electron chi connectivity index (χ1n) is 18.7. The number of benzene rings is 3. The summed E-state index contributed by atoms with van der Waals surface area (Å²) in [5, 5.41) is 6.26. The Morgan fingerprint density at radius 2 is 1.62 bits per heavy atom. The van der Waals surface area contributed by atoms with Gasteiger partial charge in [-0.3, -0.25) is 9.20 Å². The Morgan fingerprint density at radius 3 is 2.38 bits per heavy atom. The van der Waals surface area contributed by atoms with E-state index >= 15 is 0 Å². The van der Waals surface area contributed by atoms with E-state index in [-0.39, 0.29) is 11.3 Å². The van der Waals surface area contributed by atoms with Crippen molar-refractivity contribution < 1.29 is 23.0 Å². The van der Waals surface area contributed by atoms with Crippen LogP contribution in [0.3, 0.4) is 0 Å². The molecule has 288 valence electrons. The van der Waals surface area contributed by atoms with Gasteiger partial charge >= 0.3 is 0 Å². The number of hydrogen-bond acceptors (Lipinski definition) is 9. The fourth-order valence-corrected chi connectivity index (χ4v) is 8.03. The van der Waals surface area contributed by atoms with Gasteiger partial charge in [-0.1, -0.05) is 30.2 Å². The van der Waals surface area contributed by atoms with Gasteiger partial charge in [-0.15, -0.1) is 0 Å². The topological polar surface area (TPSA) is 109 Å². The number of nitrogens with one attached hydrogen (secondary N) is 2. The van der Waals surface area contributed by atoms with Crippen LogP contribution in [0.4, 0.5) is 31.8 Å². The molecule has 14 heteroatoms. The zero-order valence-corrected chi connectivity index (χ0v) is 31.8. The molecule has 56 heavy (non-hydrogen) atoms. The Morgan fingerprint density at radius 1 is 0.857 bits per heavy atom. The lowest BCUT2D eigenvalue weighted by molar-refractivity contribution is 0.102. The van der Waals surface area contributed by atoms with Gasteiger partial charge in [0.15, 0.2) is 0 Å². The van der Waals surface area contributed by atoms with Crippen LogP contribution in [0.15, 0.2) is 85.2 Å². The molecule has 0 aliphatic carbocycles. The molecule has 0 bridgehead atoms. The lowest BCUT2D eigenvalue weighted by atomic mass is 9.99. The number of methoxy groups -OCH3 is 2. The van der Waals surface area contributed by atoms with Crippen LogP contribution in [0.25, 0.3) is 28.3 Å². The number of carbonyl (C=O) groups excluding carboxylic acids is 1. The largest absolute Gasteiger partial charge is 0.496 e. The molecule has 2 N–H and O–H groups in total. The zero-order chi connectivity index (χ0) is 38.8. The third-order valence-electron chi connectivity index (χ3n) is 10.6. The second-order valence-corrected chi connectivity index (χ2v) is 14.3. The summed E-state index contributed by atoms with van der Waals surface area (Å²) >= 11 is 6.95. The number of nitrogens with zero attached hydrogens (tertiary/aromatic N) is 6. The second kappa shape index (κ2) is 16.1. The number of likely N-dealkylation sites (tertiary alicyclic amines) is 1. The van der Waals surface area contributed by atoms with E-state index in [1.54, 1.807) is 37.6 Å². The van der Waals surface area contributed by atoms with E-state index in [1.165, 1.54) is 45.5 Å². The van der Waals surface area contributed by atoms with E-state index in [4.69, 9.17) is 31.0 Å². The van der Waals surface area contributed by atoms with Crippen molar-refractivity contribution in [2.45, 2.75) is 38.1 Å². The monoisotopic (exact) mass is 778 g/mol. The number of carbonyl (C=O) groups is 1. The summed E-state index contributed by atoms with van der Waals surface area (Å²) in [6.07, 6.45) is 9.62. The maximum absolute atomic E-state index is 14.5. The molecule has 0 spiro atoms. The lowest BCUT2D eigenvalue weighted by Crippen LogP contribution is -2.46. The number of piperidine rings is 2. The summed E-state index contributed by atoms with van der Waals surface area (Å²) < 4.78 is 42.2. The number of amides is 1. The van der Waals surface area contributed by atoms with Gasteiger partial charge in [0.1, 0.15) is 34.5 Å². The third kappa shape index (κ3) is 7.44. The van der Waals surface area contributed by atoms with Gasteiger partial charge in [0.25, 0.3) is 5.91 Å². The first-order chi connectivity index (χ1) is 27.3. The minimum absolute atomic E-state index is 0.0551. The highest BCUT2D eigenvalue weighted by atomic mass is 35.5. The molecule has 5 heterocycles. The molecule has 0 saturated carbocycles. The van der Waals surface area contributed by atoms with Crippen molar-refractivity contribution in [2.75, 3.05) is 55.9 Å². The summed E-state index contributed by atoms with van der Waals surface area (Å²) in [6.45, 7) is 4.25.